The van der Waals surface area contributed by atoms with Crippen molar-refractivity contribution in [2.24, 2.45) is 4.99 Å². The molecule has 1 aliphatic rings. The Morgan fingerprint density at radius 2 is 2.09 bits per heavy atom. The quantitative estimate of drug-likeness (QED) is 0.401. The minimum Gasteiger partial charge on any atom is -0.358 e. The van der Waals surface area contributed by atoms with Gasteiger partial charge in [-0.05, 0) is 44.7 Å². The molecular formula is C17H25IN4. The minimum absolute atomic E-state index is 0. The first kappa shape index (κ1) is 17.1. The summed E-state index contributed by atoms with van der Waals surface area (Å²) < 4.78 is 0. The van der Waals surface area contributed by atoms with Crippen LogP contribution >= 0.6 is 24.0 Å². The van der Waals surface area contributed by atoms with Crippen LogP contribution in [-0.2, 0) is 6.42 Å². The predicted octanol–water partition coefficient (Wildman–Crippen LogP) is 3.35. The Balaban J connectivity index is 0.00000176. The number of nitrogens with zero attached hydrogens (tertiary/aromatic N) is 1. The van der Waals surface area contributed by atoms with Gasteiger partial charge in [0.25, 0.3) is 0 Å². The van der Waals surface area contributed by atoms with E-state index in [9.17, 15) is 0 Å². The summed E-state index contributed by atoms with van der Waals surface area (Å²) in [5.74, 6) is 0.956. The first-order valence-corrected chi connectivity index (χ1v) is 7.89. The van der Waals surface area contributed by atoms with Crippen LogP contribution in [0.4, 0.5) is 0 Å². The number of rotatable bonds is 5. The summed E-state index contributed by atoms with van der Waals surface area (Å²) in [7, 11) is 0. The highest BCUT2D eigenvalue weighted by Gasteiger charge is 2.22. The lowest BCUT2D eigenvalue weighted by atomic mass is 10.1. The lowest BCUT2D eigenvalue weighted by Crippen LogP contribution is -2.38. The topological polar surface area (TPSA) is 52.2 Å². The Kier molecular flexibility index (Phi) is 6.11. The van der Waals surface area contributed by atoms with E-state index < -0.39 is 0 Å². The molecule has 1 saturated carbocycles. The van der Waals surface area contributed by atoms with Crippen molar-refractivity contribution in [1.82, 2.24) is 15.6 Å². The molecule has 0 aliphatic heterocycles. The third kappa shape index (κ3) is 4.15. The van der Waals surface area contributed by atoms with Gasteiger partial charge in [-0.3, -0.25) is 4.99 Å². The van der Waals surface area contributed by atoms with Crippen LogP contribution in [0.3, 0.4) is 0 Å². The molecule has 1 aromatic carbocycles. The molecule has 22 heavy (non-hydrogen) atoms. The van der Waals surface area contributed by atoms with E-state index in [1.54, 1.807) is 0 Å². The van der Waals surface area contributed by atoms with Crippen LogP contribution in [0.5, 0.6) is 0 Å². The highest BCUT2D eigenvalue weighted by Crippen LogP contribution is 2.22. The molecule has 4 nitrogen and oxygen atoms in total. The van der Waals surface area contributed by atoms with Crippen molar-refractivity contribution in [2.75, 3.05) is 13.1 Å². The van der Waals surface area contributed by atoms with E-state index in [2.05, 4.69) is 53.7 Å². The van der Waals surface area contributed by atoms with Crippen molar-refractivity contribution >= 4 is 40.8 Å². The second-order valence-corrected chi connectivity index (χ2v) is 5.70. The highest BCUT2D eigenvalue weighted by atomic mass is 127. The van der Waals surface area contributed by atoms with Gasteiger partial charge in [-0.15, -0.1) is 24.0 Å². The normalized spacial score (nSPS) is 14.7. The summed E-state index contributed by atoms with van der Waals surface area (Å²) in [6.45, 7) is 5.97. The SMILES string of the molecule is CCNC(=NCCc1c(C)[nH]c2ccccc12)NC1CC1.I. The third-order valence-corrected chi connectivity index (χ3v) is 3.92. The van der Waals surface area contributed by atoms with Gasteiger partial charge in [0.05, 0.1) is 0 Å². The molecule has 0 unspecified atom stereocenters. The maximum absolute atomic E-state index is 4.70. The molecule has 120 valence electrons. The fourth-order valence-corrected chi connectivity index (χ4v) is 2.68. The number of hydrogen-bond donors (Lipinski definition) is 3. The van der Waals surface area contributed by atoms with Gasteiger partial charge in [0.2, 0.25) is 0 Å². The molecule has 0 amide bonds. The van der Waals surface area contributed by atoms with E-state index in [0.29, 0.717) is 6.04 Å². The Bertz CT molecular complexity index is 643. The lowest BCUT2D eigenvalue weighted by molar-refractivity contribution is 0.808. The summed E-state index contributed by atoms with van der Waals surface area (Å²) in [4.78, 5) is 8.15. The van der Waals surface area contributed by atoms with Crippen LogP contribution in [0.15, 0.2) is 29.3 Å². The average molecular weight is 412 g/mol. The number of guanidine groups is 1. The van der Waals surface area contributed by atoms with Gasteiger partial charge < -0.3 is 15.6 Å². The number of nitrogens with one attached hydrogen (secondary N) is 3. The summed E-state index contributed by atoms with van der Waals surface area (Å²) in [5.41, 5.74) is 3.86. The van der Waals surface area contributed by atoms with Gasteiger partial charge in [0, 0.05) is 35.7 Å². The average Bonchev–Trinajstić information content (AvgIpc) is 3.23. The van der Waals surface area contributed by atoms with Crippen LogP contribution in [0.25, 0.3) is 10.9 Å². The second kappa shape index (κ2) is 7.85. The van der Waals surface area contributed by atoms with Crippen LogP contribution < -0.4 is 10.6 Å². The van der Waals surface area contributed by atoms with Crippen molar-refractivity contribution in [3.8, 4) is 0 Å². The third-order valence-electron chi connectivity index (χ3n) is 3.92. The number of hydrogen-bond acceptors (Lipinski definition) is 1. The minimum atomic E-state index is 0. The van der Waals surface area contributed by atoms with E-state index >= 15 is 0 Å². The van der Waals surface area contributed by atoms with Crippen LogP contribution in [0.2, 0.25) is 0 Å². The molecule has 5 heteroatoms. The maximum Gasteiger partial charge on any atom is 0.191 e. The molecule has 1 aromatic heterocycles. The van der Waals surface area contributed by atoms with Crippen molar-refractivity contribution < 1.29 is 0 Å². The number of aromatic amines is 1. The van der Waals surface area contributed by atoms with Gasteiger partial charge in [-0.1, -0.05) is 18.2 Å². The van der Waals surface area contributed by atoms with Crippen molar-refractivity contribution in [3.05, 3.63) is 35.5 Å². The van der Waals surface area contributed by atoms with Gasteiger partial charge in [0.1, 0.15) is 0 Å². The summed E-state index contributed by atoms with van der Waals surface area (Å²) in [5, 5.41) is 8.10. The molecule has 0 bridgehead atoms. The number of aliphatic imine (C=N–C) groups is 1. The second-order valence-electron chi connectivity index (χ2n) is 5.70. The predicted molar refractivity (Wildman–Crippen MR) is 104 cm³/mol. The van der Waals surface area contributed by atoms with Gasteiger partial charge >= 0.3 is 0 Å². The molecule has 1 heterocycles. The molecule has 3 rings (SSSR count). The fourth-order valence-electron chi connectivity index (χ4n) is 2.68. The van der Waals surface area contributed by atoms with Gasteiger partial charge in [-0.25, -0.2) is 0 Å². The zero-order chi connectivity index (χ0) is 14.7. The smallest absolute Gasteiger partial charge is 0.191 e. The Hall–Kier alpha value is -1.24. The Labute approximate surface area is 149 Å². The van der Waals surface area contributed by atoms with E-state index in [1.807, 2.05) is 0 Å². The molecule has 0 spiro atoms. The fraction of sp³-hybridized carbons (Fsp3) is 0.471. The van der Waals surface area contributed by atoms with Crippen LogP contribution in [-0.4, -0.2) is 30.1 Å². The maximum atomic E-state index is 4.70. The number of para-hydroxylation sites is 1. The van der Waals surface area contributed by atoms with Crippen molar-refractivity contribution in [1.29, 1.82) is 0 Å². The van der Waals surface area contributed by atoms with E-state index in [0.717, 1.165) is 25.5 Å². The summed E-state index contributed by atoms with van der Waals surface area (Å²) >= 11 is 0. The van der Waals surface area contributed by atoms with E-state index in [1.165, 1.54) is 35.0 Å². The van der Waals surface area contributed by atoms with Gasteiger partial charge in [-0.2, -0.15) is 0 Å². The molecule has 0 radical (unpaired) electrons. The first-order chi connectivity index (χ1) is 10.3. The lowest BCUT2D eigenvalue weighted by Gasteiger charge is -2.10. The molecule has 2 aromatic rings. The summed E-state index contributed by atoms with van der Waals surface area (Å²) in [6, 6.07) is 9.13. The number of H-pyrrole nitrogens is 1. The van der Waals surface area contributed by atoms with Crippen LogP contribution in [0, 0.1) is 6.92 Å². The molecule has 0 atom stereocenters. The van der Waals surface area contributed by atoms with Crippen LogP contribution in [0.1, 0.15) is 31.0 Å². The Morgan fingerprint density at radius 3 is 2.82 bits per heavy atom. The molecule has 1 fully saturated rings. The van der Waals surface area contributed by atoms with E-state index in [4.69, 9.17) is 4.99 Å². The first-order valence-electron chi connectivity index (χ1n) is 7.89. The van der Waals surface area contributed by atoms with Crippen molar-refractivity contribution in [3.63, 3.8) is 0 Å². The highest BCUT2D eigenvalue weighted by molar-refractivity contribution is 14.0. The zero-order valence-electron chi connectivity index (χ0n) is 13.3. The molecular weight excluding hydrogens is 387 g/mol. The standard InChI is InChI=1S/C17H24N4.HI/c1-3-18-17(21-13-8-9-13)19-11-10-14-12(2)20-16-7-5-4-6-15(14)16;/h4-7,13,20H,3,8-11H2,1-2H3,(H2,18,19,21);1H. The monoisotopic (exact) mass is 412 g/mol. The number of aryl methyl sites for hydroxylation is 1. The van der Waals surface area contributed by atoms with Crippen molar-refractivity contribution in [2.45, 2.75) is 39.2 Å². The van der Waals surface area contributed by atoms with Gasteiger partial charge in [0.15, 0.2) is 5.96 Å². The molecule has 1 aliphatic carbocycles. The molecule has 3 N–H and O–H groups in total. The largest absolute Gasteiger partial charge is 0.358 e. The number of halogens is 1. The zero-order valence-corrected chi connectivity index (χ0v) is 15.6. The summed E-state index contributed by atoms with van der Waals surface area (Å²) in [6.07, 6.45) is 3.51. The Morgan fingerprint density at radius 1 is 1.32 bits per heavy atom. The number of aromatic nitrogens is 1. The number of fused-ring (bicyclic) bond motifs is 1. The van der Waals surface area contributed by atoms with E-state index in [-0.39, 0.29) is 24.0 Å². The molecule has 0 saturated heterocycles. The number of benzene rings is 1.